The van der Waals surface area contributed by atoms with E-state index in [0.717, 1.165) is 21.3 Å². The topological polar surface area (TPSA) is 64.6 Å². The third-order valence-electron chi connectivity index (χ3n) is 3.62. The van der Waals surface area contributed by atoms with Crippen LogP contribution in [-0.4, -0.2) is 25.6 Å². The van der Waals surface area contributed by atoms with Crippen molar-refractivity contribution in [1.82, 2.24) is 5.32 Å². The molecule has 1 atom stereocenters. The first-order valence-electron chi connectivity index (χ1n) is 7.81. The highest BCUT2D eigenvalue weighted by Gasteiger charge is 2.12. The quantitative estimate of drug-likeness (QED) is 0.716. The van der Waals surface area contributed by atoms with Crippen molar-refractivity contribution in [3.8, 4) is 5.75 Å². The third kappa shape index (κ3) is 6.23. The molecule has 0 bridgehead atoms. The lowest BCUT2D eigenvalue weighted by Crippen LogP contribution is -2.31. The van der Waals surface area contributed by atoms with Gasteiger partial charge in [0.2, 0.25) is 0 Å². The fraction of sp³-hybridized carbons (Fsp3) is 0.263. The minimum absolute atomic E-state index is 0.111. The third-order valence-corrected chi connectivity index (χ3v) is 4.15. The number of methoxy groups -OCH3 is 1. The molecule has 0 spiro atoms. The summed E-state index contributed by atoms with van der Waals surface area (Å²) in [6.45, 7) is 1.58. The Bertz CT molecular complexity index is 713. The van der Waals surface area contributed by atoms with Crippen molar-refractivity contribution < 1.29 is 19.1 Å². The highest BCUT2D eigenvalue weighted by molar-refractivity contribution is 9.10. The van der Waals surface area contributed by atoms with Gasteiger partial charge in [0.05, 0.1) is 19.6 Å². The van der Waals surface area contributed by atoms with Crippen molar-refractivity contribution in [1.29, 1.82) is 0 Å². The van der Waals surface area contributed by atoms with Crippen molar-refractivity contribution in [2.45, 2.75) is 19.4 Å². The highest BCUT2D eigenvalue weighted by Crippen LogP contribution is 2.16. The summed E-state index contributed by atoms with van der Waals surface area (Å²) in [4.78, 5) is 23.7. The van der Waals surface area contributed by atoms with Gasteiger partial charge in [-0.25, -0.2) is 0 Å². The van der Waals surface area contributed by atoms with Gasteiger partial charge in [-0.2, -0.15) is 0 Å². The fourth-order valence-electron chi connectivity index (χ4n) is 2.23. The zero-order chi connectivity index (χ0) is 18.2. The van der Waals surface area contributed by atoms with Gasteiger partial charge in [0.15, 0.2) is 6.61 Å². The molecule has 0 aromatic heterocycles. The van der Waals surface area contributed by atoms with Gasteiger partial charge >= 0.3 is 5.97 Å². The smallest absolute Gasteiger partial charge is 0.310 e. The van der Waals surface area contributed by atoms with Crippen LogP contribution in [0.1, 0.15) is 24.1 Å². The summed E-state index contributed by atoms with van der Waals surface area (Å²) in [5, 5.41) is 2.80. The molecule has 0 aliphatic heterocycles. The monoisotopic (exact) mass is 405 g/mol. The van der Waals surface area contributed by atoms with E-state index in [1.54, 1.807) is 31.4 Å². The SMILES string of the molecule is COc1ccc(CC(=O)OCC(=O)N[C@H](C)c2ccc(Br)cc2)cc1. The van der Waals surface area contributed by atoms with E-state index in [-0.39, 0.29) is 25.0 Å². The van der Waals surface area contributed by atoms with E-state index in [4.69, 9.17) is 9.47 Å². The lowest BCUT2D eigenvalue weighted by atomic mass is 10.1. The Labute approximate surface area is 155 Å². The Kier molecular flexibility index (Phi) is 7.01. The molecule has 0 heterocycles. The number of ether oxygens (including phenoxy) is 2. The molecule has 0 saturated carbocycles. The second-order valence-corrected chi connectivity index (χ2v) is 6.44. The summed E-state index contributed by atoms with van der Waals surface area (Å²) in [7, 11) is 1.58. The van der Waals surface area contributed by atoms with Crippen LogP contribution in [0.25, 0.3) is 0 Å². The molecule has 0 radical (unpaired) electrons. The van der Waals surface area contributed by atoms with Gasteiger partial charge in [-0.15, -0.1) is 0 Å². The summed E-state index contributed by atoms with van der Waals surface area (Å²) >= 11 is 3.37. The number of rotatable bonds is 7. The van der Waals surface area contributed by atoms with Crippen LogP contribution in [0, 0.1) is 0 Å². The molecule has 0 saturated heterocycles. The molecule has 6 heteroatoms. The Morgan fingerprint density at radius 2 is 1.72 bits per heavy atom. The maximum Gasteiger partial charge on any atom is 0.310 e. The van der Waals surface area contributed by atoms with Crippen LogP contribution in [0.3, 0.4) is 0 Å². The van der Waals surface area contributed by atoms with E-state index < -0.39 is 5.97 Å². The van der Waals surface area contributed by atoms with Crippen LogP contribution in [-0.2, 0) is 20.7 Å². The zero-order valence-electron chi connectivity index (χ0n) is 14.1. The maximum atomic E-state index is 11.9. The maximum absolute atomic E-state index is 11.9. The number of hydrogen-bond donors (Lipinski definition) is 1. The number of esters is 1. The van der Waals surface area contributed by atoms with Crippen molar-refractivity contribution in [2.75, 3.05) is 13.7 Å². The van der Waals surface area contributed by atoms with Gasteiger partial charge in [-0.1, -0.05) is 40.2 Å². The van der Waals surface area contributed by atoms with Crippen LogP contribution in [0.2, 0.25) is 0 Å². The Morgan fingerprint density at radius 3 is 2.32 bits per heavy atom. The first-order valence-corrected chi connectivity index (χ1v) is 8.60. The Balaban J connectivity index is 1.76. The van der Waals surface area contributed by atoms with Crippen LogP contribution in [0.4, 0.5) is 0 Å². The molecule has 0 unspecified atom stereocenters. The van der Waals surface area contributed by atoms with Crippen molar-refractivity contribution >= 4 is 27.8 Å². The number of carbonyl (C=O) groups excluding carboxylic acids is 2. The predicted molar refractivity (Wildman–Crippen MR) is 98.4 cm³/mol. The van der Waals surface area contributed by atoms with Gasteiger partial charge in [0.1, 0.15) is 5.75 Å². The van der Waals surface area contributed by atoms with E-state index >= 15 is 0 Å². The predicted octanol–water partition coefficient (Wildman–Crippen LogP) is 3.42. The molecule has 1 N–H and O–H groups in total. The largest absolute Gasteiger partial charge is 0.497 e. The molecule has 25 heavy (non-hydrogen) atoms. The lowest BCUT2D eigenvalue weighted by molar-refractivity contribution is -0.148. The second kappa shape index (κ2) is 9.22. The highest BCUT2D eigenvalue weighted by atomic mass is 79.9. The van der Waals surface area contributed by atoms with E-state index in [0.29, 0.717) is 0 Å². The number of nitrogens with one attached hydrogen (secondary N) is 1. The first-order chi connectivity index (χ1) is 12.0. The van der Waals surface area contributed by atoms with Crippen LogP contribution < -0.4 is 10.1 Å². The Morgan fingerprint density at radius 1 is 1.08 bits per heavy atom. The Hall–Kier alpha value is -2.34. The van der Waals surface area contributed by atoms with Gasteiger partial charge in [-0.3, -0.25) is 9.59 Å². The number of halogens is 1. The van der Waals surface area contributed by atoms with Gasteiger partial charge < -0.3 is 14.8 Å². The molecular formula is C19H20BrNO4. The van der Waals surface area contributed by atoms with Crippen molar-refractivity contribution in [3.05, 3.63) is 64.1 Å². The van der Waals surface area contributed by atoms with E-state index in [1.165, 1.54) is 0 Å². The van der Waals surface area contributed by atoms with Gasteiger partial charge in [0, 0.05) is 4.47 Å². The number of benzene rings is 2. The molecule has 0 aliphatic rings. The molecular weight excluding hydrogens is 386 g/mol. The van der Waals surface area contributed by atoms with Crippen molar-refractivity contribution in [2.24, 2.45) is 0 Å². The average Bonchev–Trinajstić information content (AvgIpc) is 2.61. The summed E-state index contributed by atoms with van der Waals surface area (Å²) < 4.78 is 11.1. The number of amides is 1. The fourth-order valence-corrected chi connectivity index (χ4v) is 2.49. The molecule has 2 aromatic carbocycles. The second-order valence-electron chi connectivity index (χ2n) is 5.53. The molecule has 1 amide bonds. The number of carbonyl (C=O) groups is 2. The molecule has 132 valence electrons. The van der Waals surface area contributed by atoms with E-state index in [1.807, 2.05) is 31.2 Å². The summed E-state index contributed by atoms with van der Waals surface area (Å²) in [6.07, 6.45) is 0.111. The minimum atomic E-state index is -0.448. The first kappa shape index (κ1) is 19.0. The minimum Gasteiger partial charge on any atom is -0.497 e. The summed E-state index contributed by atoms with van der Waals surface area (Å²) in [5.41, 5.74) is 1.77. The van der Waals surface area contributed by atoms with Crippen LogP contribution in [0.15, 0.2) is 53.0 Å². The summed E-state index contributed by atoms with van der Waals surface area (Å²) in [6, 6.07) is 14.6. The van der Waals surface area contributed by atoms with Gasteiger partial charge in [0.25, 0.3) is 5.91 Å². The van der Waals surface area contributed by atoms with Crippen LogP contribution >= 0.6 is 15.9 Å². The van der Waals surface area contributed by atoms with Gasteiger partial charge in [-0.05, 0) is 42.3 Å². The van der Waals surface area contributed by atoms with Crippen molar-refractivity contribution in [3.63, 3.8) is 0 Å². The lowest BCUT2D eigenvalue weighted by Gasteiger charge is -2.14. The number of hydrogen-bond acceptors (Lipinski definition) is 4. The molecule has 0 aliphatic carbocycles. The standard InChI is InChI=1S/C19H20BrNO4/c1-13(15-5-7-16(20)8-6-15)21-18(22)12-25-19(23)11-14-3-9-17(24-2)10-4-14/h3-10,13H,11-12H2,1-2H3,(H,21,22)/t13-/m1/s1. The van der Waals surface area contributed by atoms with E-state index in [9.17, 15) is 9.59 Å². The molecule has 2 aromatic rings. The molecule has 5 nitrogen and oxygen atoms in total. The molecule has 2 rings (SSSR count). The average molecular weight is 406 g/mol. The normalized spacial score (nSPS) is 11.5. The molecule has 0 fully saturated rings. The van der Waals surface area contributed by atoms with E-state index in [2.05, 4.69) is 21.2 Å². The zero-order valence-corrected chi connectivity index (χ0v) is 15.7. The summed E-state index contributed by atoms with van der Waals surface area (Å²) in [5.74, 6) is -0.0615. The van der Waals surface area contributed by atoms with Crippen LogP contribution in [0.5, 0.6) is 5.75 Å².